The monoisotopic (exact) mass is 313 g/mol. The highest BCUT2D eigenvalue weighted by molar-refractivity contribution is 7.89. The minimum absolute atomic E-state index is 0.184. The van der Waals surface area contributed by atoms with E-state index in [1.807, 2.05) is 7.05 Å². The Morgan fingerprint density at radius 2 is 2.14 bits per heavy atom. The van der Waals surface area contributed by atoms with Crippen LogP contribution in [0.5, 0.6) is 0 Å². The van der Waals surface area contributed by atoms with E-state index in [0.29, 0.717) is 12.4 Å². The van der Waals surface area contributed by atoms with Gasteiger partial charge in [0.25, 0.3) is 0 Å². The van der Waals surface area contributed by atoms with E-state index >= 15 is 0 Å². The van der Waals surface area contributed by atoms with Gasteiger partial charge in [0.15, 0.2) is 0 Å². The van der Waals surface area contributed by atoms with Crippen LogP contribution in [0.1, 0.15) is 0 Å². The molecule has 1 aliphatic heterocycles. The van der Waals surface area contributed by atoms with Crippen LogP contribution in [0.4, 0.5) is 5.82 Å². The minimum Gasteiger partial charge on any atom is -0.373 e. The van der Waals surface area contributed by atoms with Crippen molar-refractivity contribution in [3.05, 3.63) is 18.3 Å². The van der Waals surface area contributed by atoms with Gasteiger partial charge >= 0.3 is 0 Å². The molecule has 0 aliphatic carbocycles. The number of hydrogen-bond acceptors (Lipinski definition) is 6. The van der Waals surface area contributed by atoms with Gasteiger partial charge in [-0.15, -0.1) is 0 Å². The predicted octanol–water partition coefficient (Wildman–Crippen LogP) is -0.353. The van der Waals surface area contributed by atoms with Crippen molar-refractivity contribution in [1.29, 1.82) is 0 Å². The Hall–Kier alpha value is -1.22. The largest absolute Gasteiger partial charge is 0.373 e. The quantitative estimate of drug-likeness (QED) is 0.773. The smallest absolute Gasteiger partial charge is 0.240 e. The van der Waals surface area contributed by atoms with Gasteiger partial charge in [-0.3, -0.25) is 4.90 Å². The van der Waals surface area contributed by atoms with Crippen molar-refractivity contribution < 1.29 is 8.42 Å². The number of aromatic nitrogens is 1. The molecule has 2 heterocycles. The molecule has 1 unspecified atom stereocenters. The van der Waals surface area contributed by atoms with Crippen LogP contribution in [0.2, 0.25) is 0 Å². The lowest BCUT2D eigenvalue weighted by Gasteiger charge is -2.37. The van der Waals surface area contributed by atoms with E-state index in [9.17, 15) is 8.42 Å². The molecule has 118 valence electrons. The van der Waals surface area contributed by atoms with Crippen LogP contribution >= 0.6 is 0 Å². The zero-order chi connectivity index (χ0) is 15.5. The second kappa shape index (κ2) is 6.69. The first-order chi connectivity index (χ1) is 9.92. The van der Waals surface area contributed by atoms with E-state index in [1.54, 1.807) is 7.05 Å². The summed E-state index contributed by atoms with van der Waals surface area (Å²) in [7, 11) is 2.28. The first kappa shape index (κ1) is 16.2. The molecule has 7 nitrogen and oxygen atoms in total. The molecule has 0 spiro atoms. The number of nitrogens with zero attached hydrogens (tertiary/aromatic N) is 3. The second-order valence-corrected chi connectivity index (χ2v) is 7.14. The number of anilines is 1. The Labute approximate surface area is 126 Å². The van der Waals surface area contributed by atoms with E-state index in [4.69, 9.17) is 0 Å². The molecular weight excluding hydrogens is 290 g/mol. The van der Waals surface area contributed by atoms with Crippen molar-refractivity contribution in [2.75, 3.05) is 52.6 Å². The van der Waals surface area contributed by atoms with Crippen LogP contribution in [0, 0.1) is 0 Å². The Bertz CT molecular complexity index is 578. The highest BCUT2D eigenvalue weighted by Gasteiger charge is 2.24. The summed E-state index contributed by atoms with van der Waals surface area (Å²) in [6, 6.07) is 3.21. The van der Waals surface area contributed by atoms with Crippen molar-refractivity contribution in [2.24, 2.45) is 0 Å². The molecule has 2 rings (SSSR count). The van der Waals surface area contributed by atoms with E-state index in [1.165, 1.54) is 18.3 Å². The molecule has 1 aromatic rings. The van der Waals surface area contributed by atoms with Crippen LogP contribution in [0.25, 0.3) is 0 Å². The van der Waals surface area contributed by atoms with Crippen LogP contribution in [-0.2, 0) is 10.0 Å². The normalized spacial score (nSPS) is 21.4. The van der Waals surface area contributed by atoms with Crippen LogP contribution in [-0.4, -0.2) is 76.6 Å². The van der Waals surface area contributed by atoms with Gasteiger partial charge in [0, 0.05) is 51.5 Å². The highest BCUT2D eigenvalue weighted by atomic mass is 32.2. The molecule has 1 aliphatic rings. The average molecular weight is 313 g/mol. The van der Waals surface area contributed by atoms with E-state index in [-0.39, 0.29) is 10.9 Å². The zero-order valence-electron chi connectivity index (χ0n) is 12.7. The van der Waals surface area contributed by atoms with E-state index in [0.717, 1.165) is 19.6 Å². The molecule has 1 atom stereocenters. The summed E-state index contributed by atoms with van der Waals surface area (Å²) in [5, 5.41) is 2.84. The lowest BCUT2D eigenvalue weighted by Crippen LogP contribution is -2.54. The van der Waals surface area contributed by atoms with Crippen molar-refractivity contribution >= 4 is 15.8 Å². The fourth-order valence-corrected chi connectivity index (χ4v) is 3.41. The third kappa shape index (κ3) is 4.13. The maximum Gasteiger partial charge on any atom is 0.240 e. The summed E-state index contributed by atoms with van der Waals surface area (Å²) in [5.74, 6) is 0.535. The summed E-state index contributed by atoms with van der Waals surface area (Å²) in [5.41, 5.74) is 0. The first-order valence-electron chi connectivity index (χ1n) is 6.94. The fourth-order valence-electron chi connectivity index (χ4n) is 2.33. The Morgan fingerprint density at radius 1 is 1.38 bits per heavy atom. The number of hydrogen-bond donors (Lipinski definition) is 2. The molecule has 1 saturated heterocycles. The fraction of sp³-hybridized carbons (Fsp3) is 0.615. The number of sulfonamides is 1. The van der Waals surface area contributed by atoms with E-state index < -0.39 is 10.0 Å². The standard InChI is InChI=1S/C13H23N5O2S/c1-14-13-8-12(4-5-15-13)21(19,20)16-9-11-10-17(2)6-7-18(11)3/h4-5,8,11,16H,6-7,9-10H2,1-3H3,(H,14,15). The van der Waals surface area contributed by atoms with Crippen molar-refractivity contribution in [2.45, 2.75) is 10.9 Å². The van der Waals surface area contributed by atoms with Crippen molar-refractivity contribution in [3.63, 3.8) is 0 Å². The third-order valence-electron chi connectivity index (χ3n) is 3.79. The van der Waals surface area contributed by atoms with Crippen molar-refractivity contribution in [3.8, 4) is 0 Å². The number of likely N-dealkylation sites (N-methyl/N-ethyl adjacent to an activating group) is 2. The number of pyridine rings is 1. The molecule has 1 aromatic heterocycles. The highest BCUT2D eigenvalue weighted by Crippen LogP contribution is 2.13. The molecule has 0 amide bonds. The Kier molecular flexibility index (Phi) is 5.15. The predicted molar refractivity (Wildman–Crippen MR) is 82.9 cm³/mol. The van der Waals surface area contributed by atoms with Gasteiger partial charge in [0.1, 0.15) is 5.82 Å². The average Bonchev–Trinajstić information content (AvgIpc) is 2.48. The summed E-state index contributed by atoms with van der Waals surface area (Å²) in [6.07, 6.45) is 1.49. The van der Waals surface area contributed by atoms with Gasteiger partial charge in [-0.25, -0.2) is 18.1 Å². The minimum atomic E-state index is -3.51. The second-order valence-electron chi connectivity index (χ2n) is 5.38. The number of piperazine rings is 1. The summed E-state index contributed by atoms with van der Waals surface area (Å²) in [4.78, 5) is 8.66. The van der Waals surface area contributed by atoms with Crippen LogP contribution < -0.4 is 10.0 Å². The van der Waals surface area contributed by atoms with Gasteiger partial charge in [0.2, 0.25) is 10.0 Å². The molecule has 0 radical (unpaired) electrons. The summed E-state index contributed by atoms with van der Waals surface area (Å²) < 4.78 is 27.4. The van der Waals surface area contributed by atoms with Gasteiger partial charge in [-0.2, -0.15) is 0 Å². The van der Waals surface area contributed by atoms with Crippen molar-refractivity contribution in [1.82, 2.24) is 19.5 Å². The molecule has 0 saturated carbocycles. The SMILES string of the molecule is CNc1cc(S(=O)(=O)NCC2CN(C)CCN2C)ccn1. The molecular formula is C13H23N5O2S. The Balaban J connectivity index is 2.03. The lowest BCUT2D eigenvalue weighted by atomic mass is 10.2. The molecule has 0 bridgehead atoms. The molecule has 2 N–H and O–H groups in total. The van der Waals surface area contributed by atoms with Crippen LogP contribution in [0.3, 0.4) is 0 Å². The molecule has 21 heavy (non-hydrogen) atoms. The third-order valence-corrected chi connectivity index (χ3v) is 5.21. The zero-order valence-corrected chi connectivity index (χ0v) is 13.5. The van der Waals surface area contributed by atoms with Gasteiger partial charge in [0.05, 0.1) is 4.90 Å². The van der Waals surface area contributed by atoms with Crippen LogP contribution in [0.15, 0.2) is 23.2 Å². The van der Waals surface area contributed by atoms with E-state index in [2.05, 4.69) is 31.9 Å². The molecule has 1 fully saturated rings. The summed E-state index contributed by atoms with van der Waals surface area (Å²) in [6.45, 7) is 3.22. The summed E-state index contributed by atoms with van der Waals surface area (Å²) >= 11 is 0. The lowest BCUT2D eigenvalue weighted by molar-refractivity contribution is 0.117. The first-order valence-corrected chi connectivity index (χ1v) is 8.43. The maximum atomic E-state index is 12.3. The topological polar surface area (TPSA) is 77.6 Å². The maximum absolute atomic E-state index is 12.3. The van der Waals surface area contributed by atoms with Gasteiger partial charge in [-0.05, 0) is 20.2 Å². The molecule has 0 aromatic carbocycles. The number of rotatable bonds is 5. The number of nitrogens with one attached hydrogen (secondary N) is 2. The van der Waals surface area contributed by atoms with Gasteiger partial charge in [-0.1, -0.05) is 0 Å². The van der Waals surface area contributed by atoms with Gasteiger partial charge < -0.3 is 10.2 Å². The molecule has 8 heteroatoms. The Morgan fingerprint density at radius 3 is 2.86 bits per heavy atom.